The molecule has 0 spiro atoms. The average molecular weight is 432 g/mol. The number of pyridine rings is 1. The summed E-state index contributed by atoms with van der Waals surface area (Å²) in [5, 5.41) is 0. The quantitative estimate of drug-likeness (QED) is 0.601. The molecule has 1 aliphatic carbocycles. The van der Waals surface area contributed by atoms with Crippen molar-refractivity contribution >= 4 is 18.0 Å². The van der Waals surface area contributed by atoms with E-state index in [1.807, 2.05) is 58.6 Å². The third-order valence-corrected chi connectivity index (χ3v) is 5.56. The van der Waals surface area contributed by atoms with E-state index in [1.165, 1.54) is 0 Å². The summed E-state index contributed by atoms with van der Waals surface area (Å²) >= 11 is 0. The topological polar surface area (TPSA) is 72.0 Å². The SMILES string of the molecule is CC(C)(C)OC(=O)N(c1ccc([C@@H]2CCCCN2C(=O)OC(C)(C)C)cn1)C1CCC1. The Kier molecular flexibility index (Phi) is 6.82. The Morgan fingerprint density at radius 2 is 1.65 bits per heavy atom. The minimum atomic E-state index is -0.560. The Morgan fingerprint density at radius 3 is 2.16 bits per heavy atom. The fraction of sp³-hybridized carbons (Fsp3) is 0.708. The molecule has 1 aromatic heterocycles. The van der Waals surface area contributed by atoms with Crippen molar-refractivity contribution in [3.63, 3.8) is 0 Å². The number of anilines is 1. The van der Waals surface area contributed by atoms with Gasteiger partial charge in [0.1, 0.15) is 17.0 Å². The smallest absolute Gasteiger partial charge is 0.416 e. The van der Waals surface area contributed by atoms with Gasteiger partial charge in [-0.15, -0.1) is 0 Å². The maximum atomic E-state index is 12.8. The standard InChI is InChI=1S/C24H37N3O4/c1-23(2,3)30-21(28)26-15-8-7-12-19(26)17-13-14-20(25-16-17)27(18-10-9-11-18)22(29)31-24(4,5)6/h13-14,16,18-19H,7-12,15H2,1-6H3/t19-/m0/s1. The molecule has 1 aliphatic heterocycles. The molecular weight excluding hydrogens is 394 g/mol. The molecule has 1 saturated heterocycles. The number of amides is 2. The van der Waals surface area contributed by atoms with Crippen molar-refractivity contribution in [2.45, 2.75) is 103 Å². The molecule has 0 unspecified atom stereocenters. The number of hydrogen-bond acceptors (Lipinski definition) is 5. The Hall–Kier alpha value is -2.31. The van der Waals surface area contributed by atoms with Gasteiger partial charge in [-0.2, -0.15) is 0 Å². The Morgan fingerprint density at radius 1 is 0.968 bits per heavy atom. The van der Waals surface area contributed by atoms with Gasteiger partial charge in [0.05, 0.1) is 6.04 Å². The first-order valence-electron chi connectivity index (χ1n) is 11.4. The van der Waals surface area contributed by atoms with Crippen LogP contribution in [0.5, 0.6) is 0 Å². The highest BCUT2D eigenvalue weighted by Crippen LogP contribution is 2.34. The molecule has 7 nitrogen and oxygen atoms in total. The second-order valence-electron chi connectivity index (χ2n) is 10.6. The van der Waals surface area contributed by atoms with Crippen LogP contribution in [0.2, 0.25) is 0 Å². The summed E-state index contributed by atoms with van der Waals surface area (Å²) in [6.07, 6.45) is 7.06. The predicted octanol–water partition coefficient (Wildman–Crippen LogP) is 5.84. The first-order chi connectivity index (χ1) is 14.4. The van der Waals surface area contributed by atoms with Crippen LogP contribution in [0, 0.1) is 0 Å². The van der Waals surface area contributed by atoms with E-state index in [9.17, 15) is 9.59 Å². The van der Waals surface area contributed by atoms with Gasteiger partial charge in [-0.3, -0.25) is 4.90 Å². The Bertz CT molecular complexity index is 775. The molecule has 1 aromatic rings. The molecule has 7 heteroatoms. The van der Waals surface area contributed by atoms with E-state index in [0.717, 1.165) is 44.1 Å². The number of carbonyl (C=O) groups is 2. The van der Waals surface area contributed by atoms with Crippen LogP contribution in [0.15, 0.2) is 18.3 Å². The highest BCUT2D eigenvalue weighted by Gasteiger charge is 2.35. The molecule has 31 heavy (non-hydrogen) atoms. The number of likely N-dealkylation sites (tertiary alicyclic amines) is 1. The summed E-state index contributed by atoms with van der Waals surface area (Å²) in [6.45, 7) is 11.9. The second kappa shape index (κ2) is 9.05. The van der Waals surface area contributed by atoms with Gasteiger partial charge < -0.3 is 14.4 Å². The zero-order valence-corrected chi connectivity index (χ0v) is 19.8. The summed E-state index contributed by atoms with van der Waals surface area (Å²) in [6, 6.07) is 3.91. The number of ether oxygens (including phenoxy) is 2. The third kappa shape index (κ3) is 6.11. The van der Waals surface area contributed by atoms with Crippen LogP contribution < -0.4 is 4.90 Å². The number of rotatable bonds is 3. The zero-order valence-electron chi connectivity index (χ0n) is 19.8. The molecule has 2 fully saturated rings. The Balaban J connectivity index is 1.79. The van der Waals surface area contributed by atoms with Crippen molar-refractivity contribution in [1.82, 2.24) is 9.88 Å². The summed E-state index contributed by atoms with van der Waals surface area (Å²) in [5.74, 6) is 0.599. The summed E-state index contributed by atoms with van der Waals surface area (Å²) in [7, 11) is 0. The van der Waals surface area contributed by atoms with Crippen molar-refractivity contribution in [3.8, 4) is 0 Å². The van der Waals surface area contributed by atoms with E-state index in [2.05, 4.69) is 4.98 Å². The number of carbonyl (C=O) groups excluding carboxylic acids is 2. The molecule has 0 bridgehead atoms. The van der Waals surface area contributed by atoms with E-state index in [4.69, 9.17) is 9.47 Å². The predicted molar refractivity (Wildman–Crippen MR) is 120 cm³/mol. The molecule has 1 atom stereocenters. The molecule has 2 aliphatic rings. The minimum absolute atomic E-state index is 0.0659. The van der Waals surface area contributed by atoms with Crippen molar-refractivity contribution in [2.24, 2.45) is 0 Å². The average Bonchev–Trinajstić information content (AvgIpc) is 2.62. The molecule has 2 heterocycles. The molecule has 0 aromatic carbocycles. The molecular formula is C24H37N3O4. The lowest BCUT2D eigenvalue weighted by Crippen LogP contribution is -2.47. The van der Waals surface area contributed by atoms with Gasteiger partial charge in [0.15, 0.2) is 0 Å². The van der Waals surface area contributed by atoms with E-state index >= 15 is 0 Å². The Labute approximate surface area is 186 Å². The first-order valence-corrected chi connectivity index (χ1v) is 11.4. The highest BCUT2D eigenvalue weighted by molar-refractivity contribution is 5.87. The molecule has 1 saturated carbocycles. The van der Waals surface area contributed by atoms with E-state index in [1.54, 1.807) is 11.1 Å². The summed E-state index contributed by atoms with van der Waals surface area (Å²) < 4.78 is 11.2. The number of piperidine rings is 1. The van der Waals surface area contributed by atoms with Crippen LogP contribution in [0.3, 0.4) is 0 Å². The van der Waals surface area contributed by atoms with Crippen LogP contribution in [0.4, 0.5) is 15.4 Å². The summed E-state index contributed by atoms with van der Waals surface area (Å²) in [4.78, 5) is 33.7. The van der Waals surface area contributed by atoms with Crippen LogP contribution in [0.1, 0.15) is 91.7 Å². The van der Waals surface area contributed by atoms with Gasteiger partial charge in [-0.05, 0) is 91.7 Å². The highest BCUT2D eigenvalue weighted by atomic mass is 16.6. The lowest BCUT2D eigenvalue weighted by Gasteiger charge is -2.38. The van der Waals surface area contributed by atoms with Gasteiger partial charge in [0.2, 0.25) is 0 Å². The number of aromatic nitrogens is 1. The van der Waals surface area contributed by atoms with Crippen LogP contribution in [-0.4, -0.2) is 45.9 Å². The maximum Gasteiger partial charge on any atom is 0.416 e. The number of nitrogens with zero attached hydrogens (tertiary/aromatic N) is 3. The van der Waals surface area contributed by atoms with E-state index in [0.29, 0.717) is 12.4 Å². The number of hydrogen-bond donors (Lipinski definition) is 0. The molecule has 2 amide bonds. The largest absolute Gasteiger partial charge is 0.444 e. The lowest BCUT2D eigenvalue weighted by molar-refractivity contribution is 0.00947. The van der Waals surface area contributed by atoms with Gasteiger partial charge in [-0.25, -0.2) is 14.6 Å². The fourth-order valence-corrected chi connectivity index (χ4v) is 3.94. The van der Waals surface area contributed by atoms with Gasteiger partial charge in [0, 0.05) is 18.8 Å². The van der Waals surface area contributed by atoms with Crippen molar-refractivity contribution in [1.29, 1.82) is 0 Å². The van der Waals surface area contributed by atoms with Crippen molar-refractivity contribution < 1.29 is 19.1 Å². The monoisotopic (exact) mass is 431 g/mol. The van der Waals surface area contributed by atoms with Gasteiger partial charge >= 0.3 is 12.2 Å². The molecule has 0 N–H and O–H groups in total. The van der Waals surface area contributed by atoms with Crippen LogP contribution in [-0.2, 0) is 9.47 Å². The molecule has 3 rings (SSSR count). The minimum Gasteiger partial charge on any atom is -0.444 e. The fourth-order valence-electron chi connectivity index (χ4n) is 3.94. The van der Waals surface area contributed by atoms with Crippen molar-refractivity contribution in [2.75, 3.05) is 11.4 Å². The van der Waals surface area contributed by atoms with Crippen LogP contribution >= 0.6 is 0 Å². The lowest BCUT2D eigenvalue weighted by atomic mass is 9.91. The second-order valence-corrected chi connectivity index (χ2v) is 10.6. The van der Waals surface area contributed by atoms with Gasteiger partial charge in [0.25, 0.3) is 0 Å². The molecule has 0 radical (unpaired) electrons. The van der Waals surface area contributed by atoms with Crippen molar-refractivity contribution in [3.05, 3.63) is 23.9 Å². The normalized spacial score (nSPS) is 20.1. The zero-order chi connectivity index (χ0) is 22.8. The van der Waals surface area contributed by atoms with E-state index in [-0.39, 0.29) is 24.3 Å². The van der Waals surface area contributed by atoms with E-state index < -0.39 is 11.2 Å². The summed E-state index contributed by atoms with van der Waals surface area (Å²) in [5.41, 5.74) is -0.125. The first kappa shape index (κ1) is 23.4. The molecule has 172 valence electrons. The van der Waals surface area contributed by atoms with Gasteiger partial charge in [-0.1, -0.05) is 6.07 Å². The maximum absolute atomic E-state index is 12.8. The third-order valence-electron chi connectivity index (χ3n) is 5.56. The van der Waals surface area contributed by atoms with Crippen LogP contribution in [0.25, 0.3) is 0 Å².